The topological polar surface area (TPSA) is 16.4 Å². The summed E-state index contributed by atoms with van der Waals surface area (Å²) in [6, 6.07) is 60.3. The number of rotatable bonds is 4. The summed E-state index contributed by atoms with van der Waals surface area (Å²) >= 11 is 1.88. The Morgan fingerprint density at radius 2 is 1.27 bits per heavy atom. The molecule has 0 amide bonds. The minimum absolute atomic E-state index is 0.948. The Hall–Kier alpha value is -5.94. The molecule has 0 fully saturated rings. The van der Waals surface area contributed by atoms with Crippen molar-refractivity contribution in [2.45, 2.75) is 13.1 Å². The molecule has 1 aliphatic heterocycles. The molecule has 4 heteroatoms. The number of furan rings is 1. The summed E-state index contributed by atoms with van der Waals surface area (Å²) in [7, 11) is -2.08. The highest BCUT2D eigenvalue weighted by atomic mass is 32.1. The van der Waals surface area contributed by atoms with Crippen LogP contribution in [0.4, 0.5) is 17.1 Å². The molecule has 11 rings (SSSR count). The van der Waals surface area contributed by atoms with E-state index in [9.17, 15) is 0 Å². The summed E-state index contributed by atoms with van der Waals surface area (Å²) in [5.74, 6) is 0. The van der Waals surface area contributed by atoms with Crippen LogP contribution in [0.1, 0.15) is 0 Å². The van der Waals surface area contributed by atoms with Crippen LogP contribution in [-0.2, 0) is 0 Å². The van der Waals surface area contributed by atoms with Crippen molar-refractivity contribution in [1.82, 2.24) is 0 Å². The molecule has 52 heavy (non-hydrogen) atoms. The van der Waals surface area contributed by atoms with Crippen LogP contribution in [0.3, 0.4) is 0 Å². The van der Waals surface area contributed by atoms with E-state index in [1.54, 1.807) is 0 Å². The predicted octanol–water partition coefficient (Wildman–Crippen LogP) is 13.0. The Balaban J connectivity index is 1.14. The van der Waals surface area contributed by atoms with Gasteiger partial charge < -0.3 is 9.32 Å². The van der Waals surface area contributed by atoms with Crippen molar-refractivity contribution in [3.05, 3.63) is 164 Å². The Labute approximate surface area is 306 Å². The lowest BCUT2D eigenvalue weighted by atomic mass is 10.00. The Bertz CT molecular complexity index is 3080. The maximum absolute atomic E-state index is 6.63. The number of nitrogens with zero attached hydrogens (tertiary/aromatic N) is 1. The number of fused-ring (bicyclic) bond motifs is 11. The fraction of sp³-hybridized carbons (Fsp3) is 0.0417. The zero-order chi connectivity index (χ0) is 34.6. The van der Waals surface area contributed by atoms with Gasteiger partial charge in [0.25, 0.3) is 0 Å². The van der Waals surface area contributed by atoms with Gasteiger partial charge in [0.1, 0.15) is 19.2 Å². The Kier molecular flexibility index (Phi) is 6.31. The average Bonchev–Trinajstić information content (AvgIpc) is 3.83. The molecule has 2 aromatic heterocycles. The predicted molar refractivity (Wildman–Crippen MR) is 226 cm³/mol. The van der Waals surface area contributed by atoms with Crippen LogP contribution in [-0.4, -0.2) is 8.07 Å². The quantitative estimate of drug-likeness (QED) is 0.170. The maximum atomic E-state index is 6.63. The van der Waals surface area contributed by atoms with E-state index in [1.807, 2.05) is 11.3 Å². The molecule has 0 radical (unpaired) electrons. The van der Waals surface area contributed by atoms with Gasteiger partial charge in [0, 0.05) is 43.2 Å². The first-order chi connectivity index (χ1) is 25.5. The molecular formula is C48H33NOSSi. The highest BCUT2D eigenvalue weighted by molar-refractivity contribution is 7.26. The Morgan fingerprint density at radius 3 is 2.19 bits per heavy atom. The van der Waals surface area contributed by atoms with E-state index >= 15 is 0 Å². The number of hydrogen-bond acceptors (Lipinski definition) is 3. The summed E-state index contributed by atoms with van der Waals surface area (Å²) in [4.78, 5) is 2.49. The van der Waals surface area contributed by atoms with Crippen molar-refractivity contribution in [1.29, 1.82) is 0 Å². The second kappa shape index (κ2) is 11.0. The van der Waals surface area contributed by atoms with Crippen LogP contribution in [0, 0.1) is 0 Å². The molecule has 0 aliphatic carbocycles. The van der Waals surface area contributed by atoms with Crippen molar-refractivity contribution < 1.29 is 4.42 Å². The van der Waals surface area contributed by atoms with Gasteiger partial charge in [-0.3, -0.25) is 0 Å². The van der Waals surface area contributed by atoms with Crippen LogP contribution < -0.4 is 15.3 Å². The second-order valence-corrected chi connectivity index (χ2v) is 19.9. The average molecular weight is 700 g/mol. The van der Waals surface area contributed by atoms with Gasteiger partial charge in [-0.1, -0.05) is 128 Å². The van der Waals surface area contributed by atoms with Gasteiger partial charge in [-0.15, -0.1) is 11.3 Å². The van der Waals surface area contributed by atoms with Crippen molar-refractivity contribution in [3.8, 4) is 22.3 Å². The number of thiophene rings is 1. The fourth-order valence-corrected chi connectivity index (χ4v) is 12.9. The van der Waals surface area contributed by atoms with Crippen LogP contribution >= 0.6 is 11.3 Å². The molecule has 0 atom stereocenters. The van der Waals surface area contributed by atoms with Gasteiger partial charge in [0.05, 0.1) is 10.4 Å². The van der Waals surface area contributed by atoms with Gasteiger partial charge in [-0.05, 0) is 86.4 Å². The zero-order valence-electron chi connectivity index (χ0n) is 28.9. The van der Waals surface area contributed by atoms with Gasteiger partial charge in [-0.25, -0.2) is 0 Å². The molecular weight excluding hydrogens is 667 g/mol. The van der Waals surface area contributed by atoms with Crippen LogP contribution in [0.25, 0.3) is 75.1 Å². The summed E-state index contributed by atoms with van der Waals surface area (Å²) in [6.07, 6.45) is 0. The summed E-state index contributed by atoms with van der Waals surface area (Å²) in [6.45, 7) is 4.99. The van der Waals surface area contributed by atoms with Gasteiger partial charge in [0.15, 0.2) is 0 Å². The van der Waals surface area contributed by atoms with E-state index in [0.29, 0.717) is 0 Å². The molecule has 0 unspecified atom stereocenters. The molecule has 10 aromatic rings. The first-order valence-electron chi connectivity index (χ1n) is 17.9. The smallest absolute Gasteiger partial charge is 0.143 e. The van der Waals surface area contributed by atoms with E-state index in [1.165, 1.54) is 85.7 Å². The first-order valence-corrected chi connectivity index (χ1v) is 21.7. The maximum Gasteiger partial charge on any atom is 0.143 e. The Morgan fingerprint density at radius 1 is 0.519 bits per heavy atom. The number of benzene rings is 8. The van der Waals surface area contributed by atoms with Crippen molar-refractivity contribution in [3.63, 3.8) is 0 Å². The van der Waals surface area contributed by atoms with Gasteiger partial charge in [-0.2, -0.15) is 0 Å². The minimum Gasteiger partial charge on any atom is -0.455 e. The van der Waals surface area contributed by atoms with Gasteiger partial charge in [0.2, 0.25) is 0 Å². The summed E-state index contributed by atoms with van der Waals surface area (Å²) < 4.78 is 9.24. The molecule has 1 aliphatic rings. The van der Waals surface area contributed by atoms with E-state index in [-0.39, 0.29) is 0 Å². The lowest BCUT2D eigenvalue weighted by molar-refractivity contribution is 0.670. The van der Waals surface area contributed by atoms with Crippen molar-refractivity contribution in [2.24, 2.45) is 0 Å². The van der Waals surface area contributed by atoms with E-state index in [4.69, 9.17) is 4.42 Å². The standard InChI is InChI=1S/C48H33NOSSi/c1-52(2)44-26-25-38-36-15-5-7-19-42(36)50-47(38)46(44)40-24-23-35(29-45(40)52)49(41-18-10-17-39-37-16-6-8-20-43(37)51-48(39)41)34-14-9-13-32(28-34)33-22-21-30-11-3-4-12-31(30)27-33/h3-29H,1-2H3. The molecule has 0 N–H and O–H groups in total. The van der Waals surface area contributed by atoms with Crippen molar-refractivity contribution >= 4 is 99.7 Å². The number of hydrogen-bond donors (Lipinski definition) is 0. The minimum atomic E-state index is -2.08. The highest BCUT2D eigenvalue weighted by Crippen LogP contribution is 2.46. The molecule has 0 spiro atoms. The van der Waals surface area contributed by atoms with Crippen molar-refractivity contribution in [2.75, 3.05) is 4.90 Å². The molecule has 0 bridgehead atoms. The second-order valence-electron chi connectivity index (χ2n) is 14.5. The molecule has 8 aromatic carbocycles. The third kappa shape index (κ3) is 4.29. The first kappa shape index (κ1) is 29.8. The van der Waals surface area contributed by atoms with Crippen LogP contribution in [0.2, 0.25) is 13.1 Å². The largest absolute Gasteiger partial charge is 0.455 e. The van der Waals surface area contributed by atoms with Gasteiger partial charge >= 0.3 is 0 Å². The van der Waals surface area contributed by atoms with E-state index in [2.05, 4.69) is 182 Å². The normalized spacial score (nSPS) is 13.3. The van der Waals surface area contributed by atoms with Crippen LogP contribution in [0.15, 0.2) is 168 Å². The lowest BCUT2D eigenvalue weighted by Crippen LogP contribution is -2.49. The van der Waals surface area contributed by atoms with E-state index < -0.39 is 8.07 Å². The third-order valence-electron chi connectivity index (χ3n) is 11.2. The fourth-order valence-electron chi connectivity index (χ4n) is 8.66. The lowest BCUT2D eigenvalue weighted by Gasteiger charge is -2.28. The van der Waals surface area contributed by atoms with Crippen LogP contribution in [0.5, 0.6) is 0 Å². The zero-order valence-corrected chi connectivity index (χ0v) is 30.7. The monoisotopic (exact) mass is 699 g/mol. The molecule has 2 nitrogen and oxygen atoms in total. The summed E-state index contributed by atoms with van der Waals surface area (Å²) in [5.41, 5.74) is 10.5. The molecule has 0 saturated carbocycles. The molecule has 3 heterocycles. The third-order valence-corrected chi connectivity index (χ3v) is 16.0. The molecule has 246 valence electrons. The summed E-state index contributed by atoms with van der Waals surface area (Å²) in [5, 5.41) is 10.4. The molecule has 0 saturated heterocycles. The number of anilines is 3. The van der Waals surface area contributed by atoms with E-state index in [0.717, 1.165) is 16.9 Å². The highest BCUT2D eigenvalue weighted by Gasteiger charge is 2.40. The number of para-hydroxylation sites is 1. The SMILES string of the molecule is C[Si]1(C)c2cc(N(c3cccc(-c4ccc5ccccc5c4)c3)c3cccc4c3sc3ccccc34)ccc2-c2c1ccc1c2oc2ccccc21.